The maximum absolute atomic E-state index is 14.3. The maximum atomic E-state index is 14.3. The summed E-state index contributed by atoms with van der Waals surface area (Å²) in [6.45, 7) is 0. The smallest absolute Gasteiger partial charge is 0.249 e. The predicted molar refractivity (Wildman–Crippen MR) is 80.1 cm³/mol. The Morgan fingerprint density at radius 2 is 1.90 bits per heavy atom. The molecular formula is C16H15FN2O2. The van der Waals surface area contributed by atoms with E-state index in [1.165, 1.54) is 12.1 Å². The third-order valence-electron chi connectivity index (χ3n) is 3.23. The van der Waals surface area contributed by atoms with Crippen molar-refractivity contribution >= 4 is 17.9 Å². The van der Waals surface area contributed by atoms with Crippen LogP contribution in [0.1, 0.15) is 20.7 Å². The summed E-state index contributed by atoms with van der Waals surface area (Å²) in [5, 5.41) is 0. The summed E-state index contributed by atoms with van der Waals surface area (Å²) in [4.78, 5) is 24.3. The number of anilines is 1. The van der Waals surface area contributed by atoms with Crippen LogP contribution in [0.25, 0.3) is 11.1 Å². The standard InChI is InChI=1S/C16H15FN2O2/c1-19(2)11-6-7-13(16(18)21)14(8-11)12-5-3-4-10(9-20)15(12)17/h3-9H,1-2H3,(H2,18,21). The van der Waals surface area contributed by atoms with Crippen LogP contribution in [0.2, 0.25) is 0 Å². The average Bonchev–Trinajstić information content (AvgIpc) is 2.46. The van der Waals surface area contributed by atoms with E-state index in [2.05, 4.69) is 0 Å². The van der Waals surface area contributed by atoms with E-state index in [0.717, 1.165) is 5.69 Å². The Balaban J connectivity index is 2.74. The number of carbonyl (C=O) groups is 2. The lowest BCUT2D eigenvalue weighted by Crippen LogP contribution is -2.14. The summed E-state index contributed by atoms with van der Waals surface area (Å²) in [6.07, 6.45) is 0.443. The van der Waals surface area contributed by atoms with Gasteiger partial charge in [-0.15, -0.1) is 0 Å². The van der Waals surface area contributed by atoms with Gasteiger partial charge in [-0.1, -0.05) is 12.1 Å². The fraction of sp³-hybridized carbons (Fsp3) is 0.125. The number of amides is 1. The minimum atomic E-state index is -0.661. The zero-order chi connectivity index (χ0) is 15.6. The highest BCUT2D eigenvalue weighted by molar-refractivity contribution is 6.01. The van der Waals surface area contributed by atoms with Crippen LogP contribution in [0, 0.1) is 5.82 Å². The highest BCUT2D eigenvalue weighted by atomic mass is 19.1. The topological polar surface area (TPSA) is 63.4 Å². The van der Waals surface area contributed by atoms with Gasteiger partial charge in [0, 0.05) is 30.9 Å². The second-order valence-corrected chi connectivity index (χ2v) is 4.82. The molecule has 2 rings (SSSR count). The van der Waals surface area contributed by atoms with Crippen molar-refractivity contribution in [1.29, 1.82) is 0 Å². The van der Waals surface area contributed by atoms with Crippen molar-refractivity contribution in [2.45, 2.75) is 0 Å². The van der Waals surface area contributed by atoms with Crippen molar-refractivity contribution in [3.8, 4) is 11.1 Å². The zero-order valence-corrected chi connectivity index (χ0v) is 11.8. The van der Waals surface area contributed by atoms with E-state index >= 15 is 0 Å². The molecule has 0 radical (unpaired) electrons. The highest BCUT2D eigenvalue weighted by Crippen LogP contribution is 2.30. The van der Waals surface area contributed by atoms with E-state index < -0.39 is 11.7 Å². The molecule has 0 aliphatic heterocycles. The first-order chi connectivity index (χ1) is 9.95. The number of halogens is 1. The van der Waals surface area contributed by atoms with E-state index in [9.17, 15) is 14.0 Å². The van der Waals surface area contributed by atoms with Crippen molar-refractivity contribution in [1.82, 2.24) is 0 Å². The number of primary amides is 1. The van der Waals surface area contributed by atoms with Gasteiger partial charge in [0.05, 0.1) is 5.56 Å². The molecule has 2 aromatic rings. The Bertz CT molecular complexity index is 711. The third kappa shape index (κ3) is 2.76. The van der Waals surface area contributed by atoms with Gasteiger partial charge < -0.3 is 10.6 Å². The summed E-state index contributed by atoms with van der Waals surface area (Å²) >= 11 is 0. The molecule has 0 heterocycles. The van der Waals surface area contributed by atoms with Gasteiger partial charge in [-0.25, -0.2) is 4.39 Å². The van der Waals surface area contributed by atoms with Crippen LogP contribution in [0.5, 0.6) is 0 Å². The summed E-state index contributed by atoms with van der Waals surface area (Å²) in [5.41, 5.74) is 6.85. The van der Waals surface area contributed by atoms with Crippen LogP contribution in [0.4, 0.5) is 10.1 Å². The molecular weight excluding hydrogens is 271 g/mol. The zero-order valence-electron chi connectivity index (χ0n) is 11.8. The molecule has 4 nitrogen and oxygen atoms in total. The van der Waals surface area contributed by atoms with Crippen LogP contribution in [0.15, 0.2) is 36.4 Å². The first kappa shape index (κ1) is 14.7. The first-order valence-corrected chi connectivity index (χ1v) is 6.31. The van der Waals surface area contributed by atoms with Gasteiger partial charge >= 0.3 is 0 Å². The summed E-state index contributed by atoms with van der Waals surface area (Å²) in [6, 6.07) is 9.42. The lowest BCUT2D eigenvalue weighted by Gasteiger charge is -2.16. The van der Waals surface area contributed by atoms with E-state index in [1.807, 2.05) is 19.0 Å². The number of hydrogen-bond donors (Lipinski definition) is 1. The first-order valence-electron chi connectivity index (χ1n) is 6.31. The molecule has 108 valence electrons. The molecule has 0 bridgehead atoms. The van der Waals surface area contributed by atoms with Gasteiger partial charge in [0.25, 0.3) is 0 Å². The molecule has 21 heavy (non-hydrogen) atoms. The molecule has 0 aliphatic rings. The Kier molecular flexibility index (Phi) is 4.03. The molecule has 2 aromatic carbocycles. The van der Waals surface area contributed by atoms with Gasteiger partial charge in [-0.05, 0) is 29.8 Å². The molecule has 1 amide bonds. The van der Waals surface area contributed by atoms with Crippen molar-refractivity contribution < 1.29 is 14.0 Å². The molecule has 0 saturated carbocycles. The molecule has 0 aromatic heterocycles. The van der Waals surface area contributed by atoms with E-state index in [0.29, 0.717) is 11.8 Å². The van der Waals surface area contributed by atoms with Gasteiger partial charge in [0.2, 0.25) is 5.91 Å². The summed E-state index contributed by atoms with van der Waals surface area (Å²) in [5.74, 6) is -1.31. The van der Waals surface area contributed by atoms with E-state index in [-0.39, 0.29) is 16.7 Å². The normalized spacial score (nSPS) is 10.2. The van der Waals surface area contributed by atoms with Crippen LogP contribution in [-0.2, 0) is 0 Å². The second-order valence-electron chi connectivity index (χ2n) is 4.82. The molecule has 2 N–H and O–H groups in total. The predicted octanol–water partition coefficient (Wildman–Crippen LogP) is 2.47. The summed E-state index contributed by atoms with van der Waals surface area (Å²) in [7, 11) is 3.67. The van der Waals surface area contributed by atoms with Crippen LogP contribution < -0.4 is 10.6 Å². The van der Waals surface area contributed by atoms with Crippen molar-refractivity contribution in [3.05, 3.63) is 53.3 Å². The number of carbonyl (C=O) groups excluding carboxylic acids is 2. The van der Waals surface area contributed by atoms with Crippen LogP contribution in [-0.4, -0.2) is 26.3 Å². The largest absolute Gasteiger partial charge is 0.378 e. The fourth-order valence-corrected chi connectivity index (χ4v) is 2.10. The molecule has 0 aliphatic carbocycles. The Hall–Kier alpha value is -2.69. The third-order valence-corrected chi connectivity index (χ3v) is 3.23. The van der Waals surface area contributed by atoms with E-state index in [4.69, 9.17) is 5.73 Å². The number of benzene rings is 2. The lowest BCUT2D eigenvalue weighted by molar-refractivity contribution is 0.100. The SMILES string of the molecule is CN(C)c1ccc(C(N)=O)c(-c2cccc(C=O)c2F)c1. The molecule has 0 spiro atoms. The van der Waals surface area contributed by atoms with Crippen molar-refractivity contribution in [2.75, 3.05) is 19.0 Å². The van der Waals surface area contributed by atoms with Gasteiger partial charge in [-0.2, -0.15) is 0 Å². The molecule has 5 heteroatoms. The number of aldehydes is 1. The average molecular weight is 286 g/mol. The Morgan fingerprint density at radius 3 is 2.48 bits per heavy atom. The maximum Gasteiger partial charge on any atom is 0.249 e. The van der Waals surface area contributed by atoms with Crippen LogP contribution >= 0.6 is 0 Å². The molecule has 0 unspecified atom stereocenters. The fourth-order valence-electron chi connectivity index (χ4n) is 2.10. The van der Waals surface area contributed by atoms with Crippen LogP contribution in [0.3, 0.4) is 0 Å². The van der Waals surface area contributed by atoms with Gasteiger partial charge in [-0.3, -0.25) is 9.59 Å². The quantitative estimate of drug-likeness (QED) is 0.878. The monoisotopic (exact) mass is 286 g/mol. The number of nitrogens with zero attached hydrogens (tertiary/aromatic N) is 1. The Morgan fingerprint density at radius 1 is 1.19 bits per heavy atom. The number of nitrogens with two attached hydrogens (primary N) is 1. The van der Waals surface area contributed by atoms with Crippen molar-refractivity contribution in [3.63, 3.8) is 0 Å². The lowest BCUT2D eigenvalue weighted by atomic mass is 9.96. The highest BCUT2D eigenvalue weighted by Gasteiger charge is 2.16. The minimum absolute atomic E-state index is 0.0572. The van der Waals surface area contributed by atoms with Crippen molar-refractivity contribution in [2.24, 2.45) is 5.73 Å². The van der Waals surface area contributed by atoms with E-state index in [1.54, 1.807) is 24.3 Å². The molecule has 0 saturated heterocycles. The Labute approximate surface area is 122 Å². The second kappa shape index (κ2) is 5.75. The molecule has 0 fully saturated rings. The summed E-state index contributed by atoms with van der Waals surface area (Å²) < 4.78 is 14.3. The number of rotatable bonds is 4. The number of hydrogen-bond acceptors (Lipinski definition) is 3. The van der Waals surface area contributed by atoms with Gasteiger partial charge in [0.15, 0.2) is 6.29 Å². The van der Waals surface area contributed by atoms with Gasteiger partial charge in [0.1, 0.15) is 5.82 Å². The molecule has 0 atom stereocenters. The minimum Gasteiger partial charge on any atom is -0.378 e.